The van der Waals surface area contributed by atoms with Crippen LogP contribution in [0.15, 0.2) is 42.0 Å². The largest absolute Gasteiger partial charge is 0.497 e. The number of hydrogen-bond acceptors (Lipinski definition) is 5. The smallest absolute Gasteiger partial charge is 0.262 e. The van der Waals surface area contributed by atoms with Crippen molar-refractivity contribution in [1.29, 1.82) is 0 Å². The Labute approximate surface area is 225 Å². The van der Waals surface area contributed by atoms with Gasteiger partial charge in [-0.15, -0.1) is 0 Å². The number of aromatic nitrogens is 1. The molecule has 0 spiro atoms. The Balaban J connectivity index is 0.00000186. The van der Waals surface area contributed by atoms with Crippen LogP contribution >= 0.6 is 12.1 Å². The van der Waals surface area contributed by atoms with Crippen LogP contribution in [0.4, 0.5) is 0 Å². The number of methoxy groups -OCH3 is 1. The van der Waals surface area contributed by atoms with Crippen molar-refractivity contribution >= 4 is 41.8 Å². The van der Waals surface area contributed by atoms with E-state index >= 15 is 0 Å². The molecule has 0 saturated heterocycles. The van der Waals surface area contributed by atoms with Crippen molar-refractivity contribution in [3.05, 3.63) is 58.7 Å². The Morgan fingerprint density at radius 3 is 2.46 bits per heavy atom. The van der Waals surface area contributed by atoms with E-state index in [1.54, 1.807) is 7.11 Å². The molecule has 2 heterocycles. The number of allylic oxidation sites excluding steroid dienone is 1. The summed E-state index contributed by atoms with van der Waals surface area (Å²) >= 11 is 1.30. The minimum absolute atomic E-state index is 0.0765. The third-order valence-corrected chi connectivity index (χ3v) is 7.33. The van der Waals surface area contributed by atoms with Crippen molar-refractivity contribution < 1.29 is 14.3 Å². The van der Waals surface area contributed by atoms with Crippen LogP contribution in [0, 0.1) is 0 Å². The SMILES string of the molecule is C=O.CCCC(CCC)c1c2n(c3cc(C(=O)NSN(C)C)ccc13)CC(C)=Cc1cc(OC)ccc1-2. The maximum Gasteiger partial charge on any atom is 0.262 e. The van der Waals surface area contributed by atoms with Gasteiger partial charge in [-0.1, -0.05) is 44.4 Å². The highest BCUT2D eigenvalue weighted by molar-refractivity contribution is 7.95. The first kappa shape index (κ1) is 28.5. The van der Waals surface area contributed by atoms with E-state index in [-0.39, 0.29) is 5.91 Å². The number of hydrogen-bond donors (Lipinski definition) is 1. The van der Waals surface area contributed by atoms with Gasteiger partial charge < -0.3 is 14.1 Å². The van der Waals surface area contributed by atoms with Gasteiger partial charge in [0.1, 0.15) is 12.5 Å². The molecule has 0 saturated carbocycles. The summed E-state index contributed by atoms with van der Waals surface area (Å²) in [5.41, 5.74) is 8.23. The Kier molecular flexibility index (Phi) is 10.0. The third kappa shape index (κ3) is 6.11. The number of fused-ring (bicyclic) bond motifs is 5. The van der Waals surface area contributed by atoms with Gasteiger partial charge in [0.05, 0.1) is 12.8 Å². The van der Waals surface area contributed by atoms with Crippen LogP contribution in [0.25, 0.3) is 28.2 Å². The zero-order chi connectivity index (χ0) is 27.1. The van der Waals surface area contributed by atoms with Gasteiger partial charge in [0.25, 0.3) is 5.91 Å². The predicted molar refractivity (Wildman–Crippen MR) is 156 cm³/mol. The monoisotopic (exact) mass is 521 g/mol. The lowest BCUT2D eigenvalue weighted by Gasteiger charge is -2.19. The second kappa shape index (κ2) is 13.0. The van der Waals surface area contributed by atoms with E-state index in [1.807, 2.05) is 31.3 Å². The molecule has 1 aliphatic rings. The number of benzene rings is 2. The molecule has 0 aliphatic carbocycles. The van der Waals surface area contributed by atoms with Crippen molar-refractivity contribution in [2.24, 2.45) is 0 Å². The normalized spacial score (nSPS) is 12.4. The molecular weight excluding hydrogens is 482 g/mol. The zero-order valence-corrected chi connectivity index (χ0v) is 23.7. The summed E-state index contributed by atoms with van der Waals surface area (Å²) < 4.78 is 12.8. The summed E-state index contributed by atoms with van der Waals surface area (Å²) in [7, 11) is 5.55. The Bertz CT molecular complexity index is 1270. The lowest BCUT2D eigenvalue weighted by atomic mass is 9.86. The van der Waals surface area contributed by atoms with E-state index in [1.165, 1.54) is 45.5 Å². The molecule has 3 aromatic rings. The molecule has 198 valence electrons. The fraction of sp³-hybridized carbons (Fsp3) is 0.400. The molecule has 1 N–H and O–H groups in total. The fourth-order valence-corrected chi connectivity index (χ4v) is 5.65. The van der Waals surface area contributed by atoms with Crippen molar-refractivity contribution in [2.75, 3.05) is 21.2 Å². The van der Waals surface area contributed by atoms with E-state index in [0.29, 0.717) is 11.5 Å². The molecule has 0 atom stereocenters. The molecular formula is C30H39N3O3S. The molecule has 1 aromatic heterocycles. The van der Waals surface area contributed by atoms with E-state index < -0.39 is 0 Å². The number of ether oxygens (including phenoxy) is 1. The lowest BCUT2D eigenvalue weighted by molar-refractivity contribution is -0.0980. The van der Waals surface area contributed by atoms with Crippen LogP contribution in [0.5, 0.6) is 5.75 Å². The number of amides is 1. The summed E-state index contributed by atoms with van der Waals surface area (Å²) in [5.74, 6) is 1.27. The van der Waals surface area contributed by atoms with Crippen LogP contribution in [0.1, 0.15) is 73.9 Å². The van der Waals surface area contributed by atoms with Crippen LogP contribution < -0.4 is 9.46 Å². The van der Waals surface area contributed by atoms with Crippen molar-refractivity contribution in [2.45, 2.75) is 58.9 Å². The maximum atomic E-state index is 12.9. The number of nitrogens with one attached hydrogen (secondary N) is 1. The molecule has 0 fully saturated rings. The fourth-order valence-electron chi connectivity index (χ4n) is 5.27. The molecule has 0 unspecified atom stereocenters. The second-order valence-corrected chi connectivity index (χ2v) is 10.8. The summed E-state index contributed by atoms with van der Waals surface area (Å²) in [5, 5.41) is 1.26. The molecule has 37 heavy (non-hydrogen) atoms. The average Bonchev–Trinajstić information content (AvgIpc) is 3.12. The number of carbonyl (C=O) groups is 2. The van der Waals surface area contributed by atoms with Crippen LogP contribution in [-0.2, 0) is 11.3 Å². The highest BCUT2D eigenvalue weighted by Crippen LogP contribution is 2.45. The third-order valence-electron chi connectivity index (χ3n) is 6.69. The van der Waals surface area contributed by atoms with Gasteiger partial charge in [-0.25, -0.2) is 4.31 Å². The van der Waals surface area contributed by atoms with Gasteiger partial charge in [0, 0.05) is 40.7 Å². The molecule has 0 radical (unpaired) electrons. The van der Waals surface area contributed by atoms with Gasteiger partial charge in [0.15, 0.2) is 0 Å². The van der Waals surface area contributed by atoms with Gasteiger partial charge in [-0.3, -0.25) is 9.52 Å². The molecule has 7 heteroatoms. The van der Waals surface area contributed by atoms with Crippen molar-refractivity contribution in [3.8, 4) is 17.0 Å². The van der Waals surface area contributed by atoms with Gasteiger partial charge in [-0.05, 0) is 81.2 Å². The van der Waals surface area contributed by atoms with E-state index in [0.717, 1.165) is 43.5 Å². The van der Waals surface area contributed by atoms with Crippen LogP contribution in [0.3, 0.4) is 0 Å². The predicted octanol–water partition coefficient (Wildman–Crippen LogP) is 7.09. The van der Waals surface area contributed by atoms with Crippen LogP contribution in [0.2, 0.25) is 0 Å². The first-order valence-corrected chi connectivity index (χ1v) is 13.6. The summed E-state index contributed by atoms with van der Waals surface area (Å²) in [6.45, 7) is 9.53. The molecule has 4 rings (SSSR count). The summed E-state index contributed by atoms with van der Waals surface area (Å²) in [6, 6.07) is 12.6. The summed E-state index contributed by atoms with van der Waals surface area (Å²) in [4.78, 5) is 20.9. The van der Waals surface area contributed by atoms with Gasteiger partial charge in [-0.2, -0.15) is 0 Å². The summed E-state index contributed by atoms with van der Waals surface area (Å²) in [6.07, 6.45) is 6.87. The highest BCUT2D eigenvalue weighted by Gasteiger charge is 2.27. The maximum absolute atomic E-state index is 12.9. The quantitative estimate of drug-likeness (QED) is 0.305. The number of nitrogens with zero attached hydrogens (tertiary/aromatic N) is 2. The molecule has 1 amide bonds. The minimum atomic E-state index is -0.0765. The first-order valence-electron chi connectivity index (χ1n) is 12.8. The van der Waals surface area contributed by atoms with Gasteiger partial charge in [0.2, 0.25) is 0 Å². The Morgan fingerprint density at radius 2 is 1.84 bits per heavy atom. The topological polar surface area (TPSA) is 63.6 Å². The van der Waals surface area contributed by atoms with Crippen molar-refractivity contribution in [3.63, 3.8) is 0 Å². The van der Waals surface area contributed by atoms with E-state index in [4.69, 9.17) is 9.53 Å². The second-order valence-electron chi connectivity index (χ2n) is 9.63. The lowest BCUT2D eigenvalue weighted by Crippen LogP contribution is -2.20. The Hall–Kier alpha value is -3.03. The number of carbonyl (C=O) groups excluding carboxylic acids is 2. The van der Waals surface area contributed by atoms with Crippen molar-refractivity contribution in [1.82, 2.24) is 13.6 Å². The molecule has 0 bridgehead atoms. The minimum Gasteiger partial charge on any atom is -0.497 e. The van der Waals surface area contributed by atoms with E-state index in [2.05, 4.69) is 66.5 Å². The molecule has 6 nitrogen and oxygen atoms in total. The van der Waals surface area contributed by atoms with E-state index in [9.17, 15) is 4.79 Å². The number of rotatable bonds is 9. The first-order chi connectivity index (χ1) is 17.9. The standard InChI is InChI=1S/C29H37N3O2S.CH2O/c1-7-9-20(10-8-2)27-25-13-11-21(29(33)30-35-31(4)5)17-26(25)32-18-19(3)15-22-16-23(34-6)12-14-24(22)28(27)32;1-2/h11-17,20H,7-10,18H2,1-6H3,(H,30,33);1H2. The molecule has 1 aliphatic heterocycles. The Morgan fingerprint density at radius 1 is 1.14 bits per heavy atom. The molecule has 2 aromatic carbocycles. The van der Waals surface area contributed by atoms with Gasteiger partial charge >= 0.3 is 0 Å². The van der Waals surface area contributed by atoms with Crippen LogP contribution in [-0.4, -0.2) is 42.8 Å². The average molecular weight is 522 g/mol. The highest BCUT2D eigenvalue weighted by atomic mass is 32.2. The zero-order valence-electron chi connectivity index (χ0n) is 22.9.